The van der Waals surface area contributed by atoms with Gasteiger partial charge in [-0.3, -0.25) is 14.4 Å². The molecule has 0 bridgehead atoms. The van der Waals surface area contributed by atoms with E-state index in [-0.39, 0.29) is 21.4 Å². The molecule has 162 valence electrons. The number of amides is 2. The van der Waals surface area contributed by atoms with Crippen LogP contribution in [0.5, 0.6) is 0 Å². The number of carbonyl (C=O) groups excluding carboxylic acids is 2. The number of nitrogens with one attached hydrogen (secondary N) is 1. The monoisotopic (exact) mass is 453 g/mol. The maximum absolute atomic E-state index is 12.7. The molecule has 0 atom stereocenters. The highest BCUT2D eigenvalue weighted by Gasteiger charge is 2.25. The van der Waals surface area contributed by atoms with Crippen molar-refractivity contribution in [1.29, 1.82) is 0 Å². The largest absolute Gasteiger partial charge is 0.339 e. The van der Waals surface area contributed by atoms with Crippen molar-refractivity contribution in [1.82, 2.24) is 9.37 Å². The van der Waals surface area contributed by atoms with Crippen LogP contribution < -0.4 is 5.32 Å². The van der Waals surface area contributed by atoms with Gasteiger partial charge in [-0.2, -0.15) is 0 Å². The van der Waals surface area contributed by atoms with Crippen molar-refractivity contribution in [3.8, 4) is 0 Å². The average Bonchev–Trinajstić information content (AvgIpc) is 2.74. The lowest BCUT2D eigenvalue weighted by Crippen LogP contribution is -2.30. The highest BCUT2D eigenvalue weighted by atomic mass is 35.5. The summed E-state index contributed by atoms with van der Waals surface area (Å²) in [5.41, 5.74) is 0.937. The topological polar surface area (TPSA) is 96.0 Å². The van der Waals surface area contributed by atoms with E-state index in [4.69, 9.17) is 16.4 Å². The van der Waals surface area contributed by atoms with Gasteiger partial charge in [0, 0.05) is 37.0 Å². The molecular weight excluding hydrogens is 430 g/mol. The van der Waals surface area contributed by atoms with Crippen LogP contribution in [0.3, 0.4) is 0 Å². The molecule has 2 rings (SSSR count). The number of hydrogen-bond acceptors (Lipinski definition) is 5. The Morgan fingerprint density at radius 2 is 1.73 bits per heavy atom. The van der Waals surface area contributed by atoms with E-state index < -0.39 is 15.9 Å². The maximum Gasteiger partial charge on any atom is 0.266 e. The number of carbonyl (C=O) groups is 2. The van der Waals surface area contributed by atoms with Gasteiger partial charge < -0.3 is 10.2 Å². The van der Waals surface area contributed by atoms with Crippen molar-refractivity contribution >= 4 is 39.1 Å². The fraction of sp³-hybridized carbons (Fsp3) is 0.300. The molecule has 0 radical (unpaired) electrons. The van der Waals surface area contributed by atoms with Gasteiger partial charge in [0.25, 0.3) is 21.8 Å². The number of hydrogen-bond donors (Lipinski definition) is 1. The highest BCUT2D eigenvalue weighted by molar-refractivity contribution is 7.89. The smallest absolute Gasteiger partial charge is 0.266 e. The van der Waals surface area contributed by atoms with Crippen molar-refractivity contribution in [2.45, 2.75) is 18.7 Å². The van der Waals surface area contributed by atoms with Crippen LogP contribution in [0.25, 0.3) is 0 Å². The Hall–Kier alpha value is -2.46. The lowest BCUT2D eigenvalue weighted by Gasteiger charge is -2.19. The van der Waals surface area contributed by atoms with Gasteiger partial charge in [-0.05, 0) is 50.2 Å². The molecule has 0 saturated heterocycles. The molecule has 2 aromatic carbocycles. The summed E-state index contributed by atoms with van der Waals surface area (Å²) in [7, 11) is -1.61. The van der Waals surface area contributed by atoms with Crippen LogP contribution in [0.2, 0.25) is 5.02 Å². The van der Waals surface area contributed by atoms with E-state index in [2.05, 4.69) is 5.32 Å². The molecule has 0 aliphatic carbocycles. The van der Waals surface area contributed by atoms with Gasteiger partial charge in [-0.1, -0.05) is 22.1 Å². The number of nitrogens with zero attached hydrogens (tertiary/aromatic N) is 2. The lowest BCUT2D eigenvalue weighted by atomic mass is 10.1. The number of sulfonamides is 1. The van der Waals surface area contributed by atoms with Crippen LogP contribution in [-0.2, 0) is 14.9 Å². The summed E-state index contributed by atoms with van der Waals surface area (Å²) < 4.78 is 25.7. The first-order valence-electron chi connectivity index (χ1n) is 9.18. The van der Waals surface area contributed by atoms with Gasteiger partial charge in [0.1, 0.15) is 4.90 Å². The predicted molar refractivity (Wildman–Crippen MR) is 115 cm³/mol. The van der Waals surface area contributed by atoms with Crippen molar-refractivity contribution in [2.24, 2.45) is 0 Å². The Morgan fingerprint density at radius 1 is 1.07 bits per heavy atom. The van der Waals surface area contributed by atoms with Crippen molar-refractivity contribution in [2.75, 3.05) is 32.6 Å². The molecule has 0 unspecified atom stereocenters. The van der Waals surface area contributed by atoms with Crippen molar-refractivity contribution < 1.29 is 22.8 Å². The minimum Gasteiger partial charge on any atom is -0.339 e. The van der Waals surface area contributed by atoms with Crippen LogP contribution in [0, 0.1) is 0 Å². The Morgan fingerprint density at radius 3 is 2.33 bits per heavy atom. The lowest BCUT2D eigenvalue weighted by molar-refractivity contribution is -0.0258. The quantitative estimate of drug-likeness (QED) is 0.619. The van der Waals surface area contributed by atoms with E-state index >= 15 is 0 Å². The van der Waals surface area contributed by atoms with E-state index in [0.717, 1.165) is 0 Å². The Kier molecular flexibility index (Phi) is 7.96. The summed E-state index contributed by atoms with van der Waals surface area (Å²) in [6.45, 7) is 4.92. The molecule has 0 aromatic heterocycles. The standard InChI is InChI=1S/C20H24ClN3O5S/c1-5-24(6-2)20(26)15-8-7-9-16(12-15)22-19(25)14-10-11-17(21)18(13-14)30(27,28)23(3)29-4/h7-13H,5-6H2,1-4H3,(H,22,25). The van der Waals surface area contributed by atoms with Gasteiger partial charge in [0.2, 0.25) is 0 Å². The van der Waals surface area contributed by atoms with Crippen LogP contribution >= 0.6 is 11.6 Å². The minimum atomic E-state index is -4.03. The molecule has 1 N–H and O–H groups in total. The third kappa shape index (κ3) is 5.17. The summed E-state index contributed by atoms with van der Waals surface area (Å²) in [5, 5.41) is 2.64. The molecule has 2 amide bonds. The summed E-state index contributed by atoms with van der Waals surface area (Å²) in [6, 6.07) is 10.5. The Bertz CT molecular complexity index is 1040. The molecule has 0 aliphatic heterocycles. The second-order valence-corrected chi connectivity index (χ2v) is 8.57. The molecule has 10 heteroatoms. The predicted octanol–water partition coefficient (Wildman–Crippen LogP) is 3.26. The highest BCUT2D eigenvalue weighted by Crippen LogP contribution is 2.26. The average molecular weight is 454 g/mol. The van der Waals surface area contributed by atoms with Gasteiger partial charge in [0.05, 0.1) is 12.1 Å². The van der Waals surface area contributed by atoms with Gasteiger partial charge in [-0.25, -0.2) is 8.42 Å². The SMILES string of the molecule is CCN(CC)C(=O)c1cccc(NC(=O)c2ccc(Cl)c(S(=O)(=O)N(C)OC)c2)c1. The first kappa shape index (κ1) is 23.8. The Balaban J connectivity index is 2.30. The molecule has 0 aliphatic rings. The normalized spacial score (nSPS) is 11.4. The molecule has 0 fully saturated rings. The summed E-state index contributed by atoms with van der Waals surface area (Å²) in [4.78, 5) is 31.4. The van der Waals surface area contributed by atoms with Gasteiger partial charge in [0.15, 0.2) is 0 Å². The van der Waals surface area contributed by atoms with E-state index in [1.165, 1.54) is 32.4 Å². The first-order valence-corrected chi connectivity index (χ1v) is 11.0. The zero-order valence-corrected chi connectivity index (χ0v) is 18.7. The molecule has 0 saturated carbocycles. The summed E-state index contributed by atoms with van der Waals surface area (Å²) in [6.07, 6.45) is 0. The Labute approximate surface area is 181 Å². The third-order valence-corrected chi connectivity index (χ3v) is 6.65. The second kappa shape index (κ2) is 10.0. The maximum atomic E-state index is 12.7. The number of anilines is 1. The molecule has 30 heavy (non-hydrogen) atoms. The van der Waals surface area contributed by atoms with E-state index in [9.17, 15) is 18.0 Å². The number of hydroxylamine groups is 1. The molecule has 8 nitrogen and oxygen atoms in total. The molecule has 0 heterocycles. The van der Waals surface area contributed by atoms with Crippen LogP contribution in [-0.4, -0.2) is 56.8 Å². The fourth-order valence-corrected chi connectivity index (χ4v) is 4.18. The van der Waals surface area contributed by atoms with Crippen LogP contribution in [0.1, 0.15) is 34.6 Å². The fourth-order valence-electron chi connectivity index (χ4n) is 2.71. The number of rotatable bonds is 8. The number of halogens is 1. The first-order chi connectivity index (χ1) is 14.1. The van der Waals surface area contributed by atoms with E-state index in [1.807, 2.05) is 13.8 Å². The summed E-state index contributed by atoms with van der Waals surface area (Å²) >= 11 is 6.02. The van der Waals surface area contributed by atoms with E-state index in [1.54, 1.807) is 29.2 Å². The minimum absolute atomic E-state index is 0.0396. The van der Waals surface area contributed by atoms with Crippen LogP contribution in [0.4, 0.5) is 5.69 Å². The van der Waals surface area contributed by atoms with E-state index in [0.29, 0.717) is 28.8 Å². The molecular formula is C20H24ClN3O5S. The zero-order chi connectivity index (χ0) is 22.5. The van der Waals surface area contributed by atoms with Crippen molar-refractivity contribution in [3.05, 3.63) is 58.6 Å². The molecule has 2 aromatic rings. The van der Waals surface area contributed by atoms with Crippen LogP contribution in [0.15, 0.2) is 47.4 Å². The van der Waals surface area contributed by atoms with Gasteiger partial charge >= 0.3 is 0 Å². The zero-order valence-electron chi connectivity index (χ0n) is 17.2. The van der Waals surface area contributed by atoms with Gasteiger partial charge in [-0.15, -0.1) is 0 Å². The third-order valence-electron chi connectivity index (χ3n) is 4.48. The van der Waals surface area contributed by atoms with Crippen molar-refractivity contribution in [3.63, 3.8) is 0 Å². The second-order valence-electron chi connectivity index (χ2n) is 6.25. The molecule has 0 spiro atoms. The summed E-state index contributed by atoms with van der Waals surface area (Å²) in [5.74, 6) is -0.686. The number of benzene rings is 2.